The van der Waals surface area contributed by atoms with E-state index in [0.29, 0.717) is 6.07 Å². The summed E-state index contributed by atoms with van der Waals surface area (Å²) >= 11 is 0. The maximum Gasteiger partial charge on any atom is 0.217 e. The summed E-state index contributed by atoms with van der Waals surface area (Å²) in [4.78, 5) is 1.61. The lowest BCUT2D eigenvalue weighted by atomic mass is 10.0. The second kappa shape index (κ2) is 7.61. The molecule has 1 fully saturated rings. The van der Waals surface area contributed by atoms with Crippen LogP contribution in [0.4, 0.5) is 13.2 Å². The summed E-state index contributed by atoms with van der Waals surface area (Å²) in [5.74, 6) is -1.60. The highest BCUT2D eigenvalue weighted by molar-refractivity contribution is 7.92. The molecular formula is C19H20F3NO3S. The second-order valence-electron chi connectivity index (χ2n) is 6.68. The number of rotatable bonds is 5. The van der Waals surface area contributed by atoms with E-state index in [4.69, 9.17) is 0 Å². The molecule has 1 aliphatic rings. The molecule has 146 valence electrons. The van der Waals surface area contributed by atoms with Gasteiger partial charge in [0, 0.05) is 44.1 Å². The number of hydrogen-bond donors (Lipinski definition) is 1. The molecule has 27 heavy (non-hydrogen) atoms. The first-order chi connectivity index (χ1) is 12.7. The molecule has 2 aromatic rings. The van der Waals surface area contributed by atoms with E-state index >= 15 is 4.39 Å². The van der Waals surface area contributed by atoms with Gasteiger partial charge in [-0.3, -0.25) is 0 Å². The third kappa shape index (κ3) is 4.02. The van der Waals surface area contributed by atoms with Gasteiger partial charge in [-0.05, 0) is 18.2 Å². The highest BCUT2D eigenvalue weighted by Crippen LogP contribution is 2.37. The summed E-state index contributed by atoms with van der Waals surface area (Å²) in [6.07, 6.45) is -1.71. The largest absolute Gasteiger partial charge is 0.387 e. The fourth-order valence-electron chi connectivity index (χ4n) is 3.26. The molecule has 1 N–H and O–H groups in total. The molecule has 8 heteroatoms. The quantitative estimate of drug-likeness (QED) is 0.839. The Morgan fingerprint density at radius 1 is 1.07 bits per heavy atom. The highest BCUT2D eigenvalue weighted by Gasteiger charge is 2.47. The number of alkyl halides is 1. The molecule has 1 saturated heterocycles. The minimum atomic E-state index is -4.13. The average Bonchev–Trinajstić information content (AvgIpc) is 2.64. The number of nitrogens with zero attached hydrogens (tertiary/aromatic N) is 1. The van der Waals surface area contributed by atoms with E-state index in [0.717, 1.165) is 6.07 Å². The Labute approximate surface area is 156 Å². The van der Waals surface area contributed by atoms with Crippen molar-refractivity contribution in [3.63, 3.8) is 0 Å². The first kappa shape index (κ1) is 19.9. The van der Waals surface area contributed by atoms with Gasteiger partial charge < -0.3 is 10.0 Å². The fraction of sp³-hybridized carbons (Fsp3) is 0.368. The predicted molar refractivity (Wildman–Crippen MR) is 94.5 cm³/mol. The molecular weight excluding hydrogens is 379 g/mol. The van der Waals surface area contributed by atoms with Crippen molar-refractivity contribution in [2.45, 2.75) is 28.8 Å². The van der Waals surface area contributed by atoms with Gasteiger partial charge in [-0.1, -0.05) is 24.3 Å². The smallest absolute Gasteiger partial charge is 0.217 e. The van der Waals surface area contributed by atoms with Crippen LogP contribution >= 0.6 is 0 Å². The van der Waals surface area contributed by atoms with Crippen LogP contribution in [0.3, 0.4) is 0 Å². The Bertz CT molecular complexity index is 898. The number of likely N-dealkylation sites (tertiary alicyclic amines) is 1. The molecule has 0 amide bonds. The molecule has 3 rings (SSSR count). The van der Waals surface area contributed by atoms with Crippen LogP contribution in [-0.4, -0.2) is 43.1 Å². The molecule has 0 aromatic heterocycles. The third-order valence-electron chi connectivity index (χ3n) is 4.89. The first-order valence-corrected chi connectivity index (χ1v) is 10.1. The highest BCUT2D eigenvalue weighted by atomic mass is 32.2. The standard InChI is InChI=1S/C19H20F3NO3S/c20-14-6-7-16(17(21)12-14)18(24)13-23-10-8-19(22,9-11-23)27(25,26)15-4-2-1-3-5-15/h1-7,12,18,24H,8-11,13H2. The topological polar surface area (TPSA) is 57.6 Å². The van der Waals surface area contributed by atoms with Gasteiger partial charge in [0.15, 0.2) is 0 Å². The first-order valence-electron chi connectivity index (χ1n) is 8.57. The SMILES string of the molecule is O=S(=O)(c1ccccc1)C1(F)CCN(CC(O)c2ccc(F)cc2F)CC1. The molecule has 0 spiro atoms. The lowest BCUT2D eigenvalue weighted by Gasteiger charge is -2.36. The number of piperidine rings is 1. The Hall–Kier alpha value is -1.90. The summed E-state index contributed by atoms with van der Waals surface area (Å²) in [5.41, 5.74) is -0.0506. The van der Waals surface area contributed by atoms with Gasteiger partial charge in [0.25, 0.3) is 0 Å². The zero-order valence-electron chi connectivity index (χ0n) is 14.5. The van der Waals surface area contributed by atoms with E-state index < -0.39 is 32.6 Å². The second-order valence-corrected chi connectivity index (χ2v) is 8.89. The molecule has 0 bridgehead atoms. The summed E-state index contributed by atoms with van der Waals surface area (Å²) in [5, 5.41) is 7.82. The van der Waals surface area contributed by atoms with Crippen molar-refractivity contribution < 1.29 is 26.7 Å². The zero-order chi connectivity index (χ0) is 19.7. The maximum absolute atomic E-state index is 15.2. The van der Waals surface area contributed by atoms with Crippen LogP contribution in [0.5, 0.6) is 0 Å². The molecule has 4 nitrogen and oxygen atoms in total. The lowest BCUT2D eigenvalue weighted by Crippen LogP contribution is -2.47. The molecule has 1 atom stereocenters. The number of sulfone groups is 1. The lowest BCUT2D eigenvalue weighted by molar-refractivity contribution is 0.0665. The minimum Gasteiger partial charge on any atom is -0.387 e. The van der Waals surface area contributed by atoms with E-state index in [2.05, 4.69) is 0 Å². The number of benzene rings is 2. The van der Waals surface area contributed by atoms with Crippen LogP contribution in [0.15, 0.2) is 53.4 Å². The Balaban J connectivity index is 1.66. The van der Waals surface area contributed by atoms with Crippen LogP contribution in [0.1, 0.15) is 24.5 Å². The Kier molecular flexibility index (Phi) is 5.60. The number of aliphatic hydroxyl groups is 1. The molecule has 1 aliphatic heterocycles. The van der Waals surface area contributed by atoms with E-state index in [1.54, 1.807) is 23.1 Å². The van der Waals surface area contributed by atoms with Crippen molar-refractivity contribution in [2.24, 2.45) is 0 Å². The van der Waals surface area contributed by atoms with Crippen LogP contribution in [0, 0.1) is 11.6 Å². The van der Waals surface area contributed by atoms with Crippen molar-refractivity contribution in [1.82, 2.24) is 4.90 Å². The number of halogens is 3. The van der Waals surface area contributed by atoms with Crippen LogP contribution in [0.25, 0.3) is 0 Å². The van der Waals surface area contributed by atoms with Gasteiger partial charge in [-0.2, -0.15) is 0 Å². The number of hydrogen-bond acceptors (Lipinski definition) is 4. The summed E-state index contributed by atoms with van der Waals surface area (Å²) in [6.45, 7) is 0.203. The fourth-order valence-corrected chi connectivity index (χ4v) is 4.92. The molecule has 2 aromatic carbocycles. The van der Waals surface area contributed by atoms with E-state index in [9.17, 15) is 22.3 Å². The van der Waals surface area contributed by atoms with Gasteiger partial charge in [0.05, 0.1) is 11.0 Å². The van der Waals surface area contributed by atoms with Gasteiger partial charge in [-0.15, -0.1) is 0 Å². The monoisotopic (exact) mass is 399 g/mol. The van der Waals surface area contributed by atoms with Gasteiger partial charge >= 0.3 is 0 Å². The van der Waals surface area contributed by atoms with Gasteiger partial charge in [0.1, 0.15) is 11.6 Å². The van der Waals surface area contributed by atoms with E-state index in [1.807, 2.05) is 0 Å². The molecule has 1 heterocycles. The Morgan fingerprint density at radius 2 is 1.70 bits per heavy atom. The number of β-amino-alcohol motifs (C(OH)–C–C–N with tert-alkyl or cyclic N) is 1. The summed E-state index contributed by atoms with van der Waals surface area (Å²) in [7, 11) is -4.13. The van der Waals surface area contributed by atoms with Crippen LogP contribution < -0.4 is 0 Å². The summed E-state index contributed by atoms with van der Waals surface area (Å²) in [6, 6.07) is 10.4. The van der Waals surface area contributed by atoms with Crippen LogP contribution in [-0.2, 0) is 9.84 Å². The Morgan fingerprint density at radius 3 is 2.30 bits per heavy atom. The van der Waals surface area contributed by atoms with Gasteiger partial charge in [-0.25, -0.2) is 21.6 Å². The van der Waals surface area contributed by atoms with E-state index in [-0.39, 0.29) is 42.9 Å². The van der Waals surface area contributed by atoms with Crippen LogP contribution in [0.2, 0.25) is 0 Å². The summed E-state index contributed by atoms with van der Waals surface area (Å²) < 4.78 is 67.2. The molecule has 0 saturated carbocycles. The van der Waals surface area contributed by atoms with Crippen molar-refractivity contribution in [3.8, 4) is 0 Å². The minimum absolute atomic E-state index is 0.00399. The normalized spacial score (nSPS) is 19.0. The average molecular weight is 399 g/mol. The van der Waals surface area contributed by atoms with E-state index in [1.165, 1.54) is 18.2 Å². The van der Waals surface area contributed by atoms with Crippen molar-refractivity contribution >= 4 is 9.84 Å². The number of aliphatic hydroxyl groups excluding tert-OH is 1. The van der Waals surface area contributed by atoms with Crippen molar-refractivity contribution in [3.05, 3.63) is 65.7 Å². The maximum atomic E-state index is 15.2. The predicted octanol–water partition coefficient (Wildman–Crippen LogP) is 3.23. The zero-order valence-corrected chi connectivity index (χ0v) is 15.3. The molecule has 1 unspecified atom stereocenters. The van der Waals surface area contributed by atoms with Gasteiger partial charge in [0.2, 0.25) is 14.8 Å². The molecule has 0 aliphatic carbocycles. The van der Waals surface area contributed by atoms with Crippen molar-refractivity contribution in [1.29, 1.82) is 0 Å². The molecule has 0 radical (unpaired) electrons. The van der Waals surface area contributed by atoms with Crippen molar-refractivity contribution in [2.75, 3.05) is 19.6 Å². The third-order valence-corrected chi connectivity index (χ3v) is 7.15.